The van der Waals surface area contributed by atoms with Crippen LogP contribution in [0.15, 0.2) is 18.2 Å². The molecule has 162 valence electrons. The predicted octanol–water partition coefficient (Wildman–Crippen LogP) is -1.38. The van der Waals surface area contributed by atoms with Crippen molar-refractivity contribution in [3.63, 3.8) is 0 Å². The van der Waals surface area contributed by atoms with Crippen LogP contribution < -0.4 is 20.6 Å². The number of benzene rings is 1. The van der Waals surface area contributed by atoms with E-state index in [4.69, 9.17) is 4.65 Å². The van der Waals surface area contributed by atoms with Crippen LogP contribution in [0.25, 0.3) is 0 Å². The topological polar surface area (TPSA) is 140 Å². The summed E-state index contributed by atoms with van der Waals surface area (Å²) in [4.78, 5) is 37.6. The molecule has 1 saturated heterocycles. The van der Waals surface area contributed by atoms with Gasteiger partial charge in [0, 0.05) is 32.1 Å². The van der Waals surface area contributed by atoms with Gasteiger partial charge in [0.1, 0.15) is 5.75 Å². The number of carboxylic acids is 1. The van der Waals surface area contributed by atoms with E-state index >= 15 is 0 Å². The average molecular weight is 418 g/mol. The van der Waals surface area contributed by atoms with Crippen LogP contribution in [0.5, 0.6) is 5.75 Å². The van der Waals surface area contributed by atoms with Gasteiger partial charge in [-0.2, -0.15) is 0 Å². The van der Waals surface area contributed by atoms with Gasteiger partial charge < -0.3 is 35.6 Å². The summed E-state index contributed by atoms with van der Waals surface area (Å²) in [5, 5.41) is 28.5. The van der Waals surface area contributed by atoms with Crippen LogP contribution in [0.2, 0.25) is 0 Å². The van der Waals surface area contributed by atoms with Crippen LogP contribution in [-0.2, 0) is 16.0 Å². The highest BCUT2D eigenvalue weighted by atomic mass is 16.5. The van der Waals surface area contributed by atoms with Gasteiger partial charge in [0.05, 0.1) is 18.0 Å². The summed E-state index contributed by atoms with van der Waals surface area (Å²) in [5.74, 6) is -2.24. The van der Waals surface area contributed by atoms with Gasteiger partial charge in [-0.3, -0.25) is 9.59 Å². The highest BCUT2D eigenvalue weighted by Gasteiger charge is 2.38. The molecule has 0 spiro atoms. The zero-order valence-corrected chi connectivity index (χ0v) is 16.9. The molecule has 5 N–H and O–H groups in total. The van der Waals surface area contributed by atoms with Crippen molar-refractivity contribution in [3.8, 4) is 5.75 Å². The van der Waals surface area contributed by atoms with Crippen molar-refractivity contribution in [3.05, 3.63) is 29.3 Å². The lowest BCUT2D eigenvalue weighted by Gasteiger charge is -2.33. The molecule has 2 aliphatic heterocycles. The predicted molar refractivity (Wildman–Crippen MR) is 109 cm³/mol. The van der Waals surface area contributed by atoms with Crippen molar-refractivity contribution in [2.45, 2.75) is 31.2 Å². The SMILES string of the molecule is CNCCNC1CCN(CC(=O)N[C@H]2Cc3cccc(C(=O)O)c3OB2O)C(=O)C1. The second-order valence-corrected chi connectivity index (χ2v) is 7.55. The van der Waals surface area contributed by atoms with Crippen LogP contribution >= 0.6 is 0 Å². The van der Waals surface area contributed by atoms with Crippen molar-refractivity contribution in [1.82, 2.24) is 20.9 Å². The van der Waals surface area contributed by atoms with Crippen LogP contribution in [0.3, 0.4) is 0 Å². The van der Waals surface area contributed by atoms with Crippen LogP contribution in [0.1, 0.15) is 28.8 Å². The summed E-state index contributed by atoms with van der Waals surface area (Å²) in [5.41, 5.74) is 0.558. The van der Waals surface area contributed by atoms with Gasteiger partial charge in [0.25, 0.3) is 0 Å². The van der Waals surface area contributed by atoms with E-state index in [0.717, 1.165) is 19.5 Å². The number of rotatable bonds is 8. The first-order valence-electron chi connectivity index (χ1n) is 10.0. The van der Waals surface area contributed by atoms with Crippen molar-refractivity contribution in [2.75, 3.05) is 33.2 Å². The van der Waals surface area contributed by atoms with Crippen molar-refractivity contribution < 1.29 is 29.2 Å². The largest absolute Gasteiger partial charge is 0.547 e. The first-order chi connectivity index (χ1) is 14.4. The molecule has 1 aromatic carbocycles. The van der Waals surface area contributed by atoms with E-state index in [-0.39, 0.29) is 36.2 Å². The number of carbonyl (C=O) groups excluding carboxylic acids is 2. The number of piperidine rings is 1. The minimum absolute atomic E-state index is 0.0341. The Labute approximate surface area is 175 Å². The number of carboxylic acid groups (broad SMARTS) is 1. The molecule has 1 unspecified atom stereocenters. The first-order valence-corrected chi connectivity index (χ1v) is 10.0. The summed E-state index contributed by atoms with van der Waals surface area (Å²) in [6.07, 6.45) is 1.34. The first kappa shape index (κ1) is 22.1. The van der Waals surface area contributed by atoms with Gasteiger partial charge in [-0.1, -0.05) is 12.1 Å². The summed E-state index contributed by atoms with van der Waals surface area (Å²) < 4.78 is 5.38. The third kappa shape index (κ3) is 5.29. The molecule has 0 aliphatic carbocycles. The quantitative estimate of drug-likeness (QED) is 0.257. The minimum Gasteiger partial charge on any atom is -0.534 e. The summed E-state index contributed by atoms with van der Waals surface area (Å²) >= 11 is 0. The van der Waals surface area contributed by atoms with Gasteiger partial charge in [-0.15, -0.1) is 0 Å². The molecule has 2 heterocycles. The Kier molecular flexibility index (Phi) is 7.30. The fourth-order valence-electron chi connectivity index (χ4n) is 3.76. The maximum Gasteiger partial charge on any atom is 0.547 e. The molecule has 0 bridgehead atoms. The lowest BCUT2D eigenvalue weighted by atomic mass is 9.72. The van der Waals surface area contributed by atoms with Gasteiger partial charge >= 0.3 is 13.1 Å². The number of aromatic carboxylic acids is 1. The minimum atomic E-state index is -1.38. The number of likely N-dealkylation sites (tertiary alicyclic amines) is 1. The lowest BCUT2D eigenvalue weighted by Crippen LogP contribution is -2.56. The standard InChI is InChI=1S/C19H27BN4O6/c1-21-6-7-22-13-5-8-24(17(26)10-13)11-16(25)23-15-9-12-3-2-4-14(19(27)28)18(12)30-20(15)29/h2-4,13,15,21-22,29H,5-11H2,1H3,(H,23,25)(H,27,28)/t13?,15-/m0/s1. The molecule has 3 rings (SSSR count). The molecule has 2 atom stereocenters. The summed E-state index contributed by atoms with van der Waals surface area (Å²) in [6, 6.07) is 4.80. The van der Waals surface area contributed by atoms with E-state index in [0.29, 0.717) is 18.5 Å². The van der Waals surface area contributed by atoms with Gasteiger partial charge in [0.2, 0.25) is 11.8 Å². The molecular formula is C19H27BN4O6. The number of hydrogen-bond donors (Lipinski definition) is 5. The number of likely N-dealkylation sites (N-methyl/N-ethyl adjacent to an activating group) is 1. The maximum absolute atomic E-state index is 12.5. The highest BCUT2D eigenvalue weighted by Crippen LogP contribution is 2.30. The van der Waals surface area contributed by atoms with E-state index in [2.05, 4.69) is 16.0 Å². The Morgan fingerprint density at radius 2 is 2.10 bits per heavy atom. The number of nitrogens with zero attached hydrogens (tertiary/aromatic N) is 1. The normalized spacial score (nSPS) is 21.1. The zero-order chi connectivity index (χ0) is 21.7. The summed E-state index contributed by atoms with van der Waals surface area (Å²) in [7, 11) is 0.492. The molecule has 0 saturated carbocycles. The van der Waals surface area contributed by atoms with Crippen molar-refractivity contribution in [1.29, 1.82) is 0 Å². The van der Waals surface area contributed by atoms with Gasteiger partial charge in [0.15, 0.2) is 0 Å². The van der Waals surface area contributed by atoms with Gasteiger partial charge in [-0.25, -0.2) is 4.79 Å². The number of carbonyl (C=O) groups is 3. The Balaban J connectivity index is 1.52. The van der Waals surface area contributed by atoms with Crippen molar-refractivity contribution >= 4 is 24.9 Å². The number of para-hydroxylation sites is 1. The molecule has 0 radical (unpaired) electrons. The van der Waals surface area contributed by atoms with Crippen LogP contribution in [0, 0.1) is 0 Å². The highest BCUT2D eigenvalue weighted by molar-refractivity contribution is 6.47. The molecule has 1 fully saturated rings. The Morgan fingerprint density at radius 3 is 2.80 bits per heavy atom. The Morgan fingerprint density at radius 1 is 1.30 bits per heavy atom. The zero-order valence-electron chi connectivity index (χ0n) is 16.9. The molecule has 2 aliphatic rings. The molecule has 0 aromatic heterocycles. The number of fused-ring (bicyclic) bond motifs is 1. The van der Waals surface area contributed by atoms with Gasteiger partial charge in [-0.05, 0) is 31.5 Å². The monoisotopic (exact) mass is 418 g/mol. The van der Waals surface area contributed by atoms with Crippen LogP contribution in [0.4, 0.5) is 0 Å². The number of amides is 2. The number of hydrogen-bond acceptors (Lipinski definition) is 7. The van der Waals surface area contributed by atoms with Crippen molar-refractivity contribution in [2.24, 2.45) is 0 Å². The molecular weight excluding hydrogens is 391 g/mol. The van der Waals surface area contributed by atoms with Crippen LogP contribution in [-0.4, -0.2) is 85.1 Å². The smallest absolute Gasteiger partial charge is 0.534 e. The lowest BCUT2D eigenvalue weighted by molar-refractivity contribution is -0.138. The average Bonchev–Trinajstić information content (AvgIpc) is 2.70. The Hall–Kier alpha value is -2.63. The second kappa shape index (κ2) is 9.92. The molecule has 30 heavy (non-hydrogen) atoms. The molecule has 2 amide bonds. The number of nitrogens with one attached hydrogen (secondary N) is 3. The molecule has 10 nitrogen and oxygen atoms in total. The maximum atomic E-state index is 12.5. The van der Waals surface area contributed by atoms with E-state index in [1.165, 1.54) is 11.0 Å². The summed E-state index contributed by atoms with van der Waals surface area (Å²) in [6.45, 7) is 1.99. The molecule has 11 heteroatoms. The third-order valence-corrected chi connectivity index (χ3v) is 5.36. The second-order valence-electron chi connectivity index (χ2n) is 7.55. The van der Waals surface area contributed by atoms with E-state index in [1.54, 1.807) is 12.1 Å². The fourth-order valence-corrected chi connectivity index (χ4v) is 3.76. The third-order valence-electron chi connectivity index (χ3n) is 5.36. The Bertz CT molecular complexity index is 807. The fraction of sp³-hybridized carbons (Fsp3) is 0.526. The van der Waals surface area contributed by atoms with E-state index in [9.17, 15) is 24.5 Å². The van der Waals surface area contributed by atoms with E-state index < -0.39 is 24.9 Å². The van der Waals surface area contributed by atoms with E-state index in [1.807, 2.05) is 7.05 Å². The molecule has 1 aromatic rings.